The van der Waals surface area contributed by atoms with Crippen molar-refractivity contribution in [2.24, 2.45) is 22.7 Å². The van der Waals surface area contributed by atoms with Crippen molar-refractivity contribution in [3.8, 4) is 0 Å². The number of esters is 1. The quantitative estimate of drug-likeness (QED) is 0.375. The summed E-state index contributed by atoms with van der Waals surface area (Å²) in [5, 5.41) is 0. The summed E-state index contributed by atoms with van der Waals surface area (Å²) in [5.41, 5.74) is 1.08. The van der Waals surface area contributed by atoms with E-state index in [-0.39, 0.29) is 11.4 Å². The highest BCUT2D eigenvalue weighted by atomic mass is 16.5. The molecule has 4 nitrogen and oxygen atoms in total. The van der Waals surface area contributed by atoms with Crippen LogP contribution in [0.15, 0.2) is 11.6 Å². The third-order valence-corrected chi connectivity index (χ3v) is 7.45. The Kier molecular flexibility index (Phi) is 6.24. The van der Waals surface area contributed by atoms with Crippen LogP contribution in [0.2, 0.25) is 0 Å². The van der Waals surface area contributed by atoms with Gasteiger partial charge in [0.2, 0.25) is 0 Å². The Labute approximate surface area is 158 Å². The average Bonchev–Trinajstić information content (AvgIpc) is 2.53. The zero-order chi connectivity index (χ0) is 19.6. The minimum absolute atomic E-state index is 0.156. The second kappa shape index (κ2) is 7.74. The van der Waals surface area contributed by atoms with Crippen LogP contribution < -0.4 is 0 Å². The fourth-order valence-electron chi connectivity index (χ4n) is 6.20. The average molecular weight is 365 g/mol. The van der Waals surface area contributed by atoms with Crippen LogP contribution in [0.5, 0.6) is 0 Å². The topological polar surface area (TPSA) is 52.6 Å². The first kappa shape index (κ1) is 21.0. The largest absolute Gasteiger partial charge is 0.466 e. The summed E-state index contributed by atoms with van der Waals surface area (Å²) in [6.45, 7) is 11.9. The molecular formula is C22H36O4. The van der Waals surface area contributed by atoms with Gasteiger partial charge in [-0.3, -0.25) is 4.79 Å². The standard InChI is InChI=1S/C22H36O4/c1-16(14-19(24)25-6)8-9-18-21(4)12-7-11-20(2,3)17(21)10-13-22(18,5)26-15-23/h14-15,17-18H,7-13H2,1-6H3/b16-14+/t17-,18+,21-,22+/m0/s1. The molecule has 0 bridgehead atoms. The molecule has 0 aromatic carbocycles. The molecule has 0 aromatic heterocycles. The van der Waals surface area contributed by atoms with Crippen molar-refractivity contribution in [2.75, 3.05) is 7.11 Å². The fourth-order valence-corrected chi connectivity index (χ4v) is 6.20. The lowest BCUT2D eigenvalue weighted by molar-refractivity contribution is -0.190. The summed E-state index contributed by atoms with van der Waals surface area (Å²) >= 11 is 0. The Morgan fingerprint density at radius 1 is 1.15 bits per heavy atom. The van der Waals surface area contributed by atoms with Crippen molar-refractivity contribution in [2.45, 2.75) is 85.2 Å². The van der Waals surface area contributed by atoms with Gasteiger partial charge < -0.3 is 9.47 Å². The summed E-state index contributed by atoms with van der Waals surface area (Å²) in [4.78, 5) is 22.8. The van der Waals surface area contributed by atoms with Crippen LogP contribution in [0, 0.1) is 22.7 Å². The summed E-state index contributed by atoms with van der Waals surface area (Å²) in [6, 6.07) is 0. The second-order valence-electron chi connectivity index (χ2n) is 9.57. The van der Waals surface area contributed by atoms with Gasteiger partial charge in [-0.15, -0.1) is 0 Å². The monoisotopic (exact) mass is 364 g/mol. The van der Waals surface area contributed by atoms with Gasteiger partial charge in [0, 0.05) is 12.0 Å². The van der Waals surface area contributed by atoms with E-state index in [0.29, 0.717) is 23.7 Å². The first-order valence-corrected chi connectivity index (χ1v) is 9.95. The number of ether oxygens (including phenoxy) is 2. The molecule has 0 unspecified atom stereocenters. The number of rotatable bonds is 6. The molecule has 2 rings (SSSR count). The van der Waals surface area contributed by atoms with Crippen LogP contribution >= 0.6 is 0 Å². The first-order valence-electron chi connectivity index (χ1n) is 9.95. The molecule has 2 aliphatic carbocycles. The van der Waals surface area contributed by atoms with Crippen molar-refractivity contribution in [3.05, 3.63) is 11.6 Å². The lowest BCUT2D eigenvalue weighted by Gasteiger charge is -2.61. The highest BCUT2D eigenvalue weighted by Gasteiger charge is 2.58. The van der Waals surface area contributed by atoms with Crippen molar-refractivity contribution in [1.29, 1.82) is 0 Å². The number of hydrogen-bond donors (Lipinski definition) is 0. The third-order valence-electron chi connectivity index (χ3n) is 7.45. The molecule has 0 spiro atoms. The van der Waals surface area contributed by atoms with Crippen LogP contribution in [0.25, 0.3) is 0 Å². The van der Waals surface area contributed by atoms with E-state index >= 15 is 0 Å². The number of methoxy groups -OCH3 is 1. The van der Waals surface area contributed by atoms with Gasteiger partial charge in [0.05, 0.1) is 7.11 Å². The van der Waals surface area contributed by atoms with Crippen LogP contribution in [0.1, 0.15) is 79.6 Å². The van der Waals surface area contributed by atoms with E-state index in [4.69, 9.17) is 9.47 Å². The van der Waals surface area contributed by atoms with E-state index in [2.05, 4.69) is 27.7 Å². The molecule has 2 fully saturated rings. The molecule has 0 amide bonds. The number of carbonyl (C=O) groups is 2. The summed E-state index contributed by atoms with van der Waals surface area (Å²) in [7, 11) is 1.40. The van der Waals surface area contributed by atoms with E-state index in [0.717, 1.165) is 31.3 Å². The maximum Gasteiger partial charge on any atom is 0.330 e. The Hall–Kier alpha value is -1.32. The Morgan fingerprint density at radius 3 is 2.46 bits per heavy atom. The van der Waals surface area contributed by atoms with Gasteiger partial charge >= 0.3 is 5.97 Å². The number of carbonyl (C=O) groups excluding carboxylic acids is 2. The van der Waals surface area contributed by atoms with Crippen LogP contribution in [-0.4, -0.2) is 25.2 Å². The third kappa shape index (κ3) is 3.99. The molecule has 2 aliphatic rings. The van der Waals surface area contributed by atoms with Gasteiger partial charge in [-0.1, -0.05) is 32.8 Å². The Morgan fingerprint density at radius 2 is 1.85 bits per heavy atom. The van der Waals surface area contributed by atoms with Crippen molar-refractivity contribution < 1.29 is 19.1 Å². The minimum atomic E-state index is -0.425. The molecule has 0 aromatic rings. The maximum atomic E-state index is 11.5. The zero-order valence-corrected chi connectivity index (χ0v) is 17.4. The number of allylic oxidation sites excluding steroid dienone is 1. The van der Waals surface area contributed by atoms with Gasteiger partial charge in [0.15, 0.2) is 0 Å². The van der Waals surface area contributed by atoms with E-state index in [1.807, 2.05) is 6.92 Å². The van der Waals surface area contributed by atoms with Crippen molar-refractivity contribution in [3.63, 3.8) is 0 Å². The van der Waals surface area contributed by atoms with Gasteiger partial charge in [-0.05, 0) is 69.1 Å². The highest BCUT2D eigenvalue weighted by Crippen LogP contribution is 2.63. The molecule has 0 saturated heterocycles. The molecule has 148 valence electrons. The molecule has 0 N–H and O–H groups in total. The van der Waals surface area contributed by atoms with Gasteiger partial charge in [-0.2, -0.15) is 0 Å². The molecule has 4 heteroatoms. The number of fused-ring (bicyclic) bond motifs is 1. The molecular weight excluding hydrogens is 328 g/mol. The maximum absolute atomic E-state index is 11.5. The highest BCUT2D eigenvalue weighted by molar-refractivity contribution is 5.82. The smallest absolute Gasteiger partial charge is 0.330 e. The van der Waals surface area contributed by atoms with Gasteiger partial charge in [0.1, 0.15) is 5.60 Å². The number of hydrogen-bond acceptors (Lipinski definition) is 4. The fraction of sp³-hybridized carbons (Fsp3) is 0.818. The lowest BCUT2D eigenvalue weighted by atomic mass is 9.45. The van der Waals surface area contributed by atoms with Crippen LogP contribution in [-0.2, 0) is 19.1 Å². The molecule has 0 aliphatic heterocycles. The lowest BCUT2D eigenvalue weighted by Crippen LogP contribution is -2.58. The Balaban J connectivity index is 2.29. The summed E-state index contributed by atoms with van der Waals surface area (Å²) in [5.74, 6) is 0.627. The van der Waals surface area contributed by atoms with Gasteiger partial charge in [-0.25, -0.2) is 4.79 Å². The van der Waals surface area contributed by atoms with E-state index in [1.54, 1.807) is 6.08 Å². The molecule has 0 heterocycles. The summed E-state index contributed by atoms with van der Waals surface area (Å²) in [6.07, 6.45) is 9.03. The first-order chi connectivity index (χ1) is 12.1. The molecule has 0 radical (unpaired) electrons. The summed E-state index contributed by atoms with van der Waals surface area (Å²) < 4.78 is 10.4. The van der Waals surface area contributed by atoms with Gasteiger partial charge in [0.25, 0.3) is 6.47 Å². The van der Waals surface area contributed by atoms with Crippen LogP contribution in [0.3, 0.4) is 0 Å². The van der Waals surface area contributed by atoms with Crippen LogP contribution in [0.4, 0.5) is 0 Å². The molecule has 26 heavy (non-hydrogen) atoms. The van der Waals surface area contributed by atoms with Crippen molar-refractivity contribution in [1.82, 2.24) is 0 Å². The van der Waals surface area contributed by atoms with Crippen molar-refractivity contribution >= 4 is 12.4 Å². The zero-order valence-electron chi connectivity index (χ0n) is 17.4. The van der Waals surface area contributed by atoms with E-state index < -0.39 is 5.60 Å². The normalized spacial score (nSPS) is 36.8. The SMILES string of the molecule is COC(=O)/C=C(\C)CC[C@@H]1[C@@]2(C)CCCC(C)(C)[C@@H]2CC[C@@]1(C)OC=O. The predicted octanol–water partition coefficient (Wildman–Crippen LogP) is 5.06. The minimum Gasteiger partial charge on any atom is -0.466 e. The second-order valence-corrected chi connectivity index (χ2v) is 9.57. The Bertz CT molecular complexity index is 564. The molecule has 2 saturated carbocycles. The predicted molar refractivity (Wildman–Crippen MR) is 103 cm³/mol. The molecule has 4 atom stereocenters. The van der Waals surface area contributed by atoms with E-state index in [1.165, 1.54) is 26.4 Å². The van der Waals surface area contributed by atoms with E-state index in [9.17, 15) is 9.59 Å².